The van der Waals surface area contributed by atoms with Gasteiger partial charge in [-0.1, -0.05) is 11.6 Å². The average Bonchev–Trinajstić information content (AvgIpc) is 2.38. The third-order valence-corrected chi connectivity index (χ3v) is 2.73. The molecule has 0 aromatic heterocycles. The van der Waals surface area contributed by atoms with Gasteiger partial charge in [0.25, 0.3) is 0 Å². The quantitative estimate of drug-likeness (QED) is 0.680. The first kappa shape index (κ1) is 16.1. The second-order valence-electron chi connectivity index (χ2n) is 4.02. The summed E-state index contributed by atoms with van der Waals surface area (Å²) in [6, 6.07) is 5.16. The molecule has 1 aromatic carbocycles. The largest absolute Gasteiger partial charge is 0.495 e. The van der Waals surface area contributed by atoms with E-state index in [1.165, 1.54) is 0 Å². The van der Waals surface area contributed by atoms with Crippen molar-refractivity contribution in [2.45, 2.75) is 12.8 Å². The fourth-order valence-corrected chi connectivity index (χ4v) is 1.70. The maximum Gasteiger partial charge on any atom is 0.305 e. The Hall–Kier alpha value is -1.95. The van der Waals surface area contributed by atoms with E-state index in [0.717, 1.165) is 0 Å². The summed E-state index contributed by atoms with van der Waals surface area (Å²) in [5.74, 6) is -0.507. The summed E-state index contributed by atoms with van der Waals surface area (Å²) in [6.45, 7) is 0.532. The molecular formula is C13H17ClN2O4. The number of nitrogens with one attached hydrogen (secondary N) is 2. The number of ether oxygens (including phenoxy) is 1. The highest BCUT2D eigenvalue weighted by Crippen LogP contribution is 2.27. The van der Waals surface area contributed by atoms with Gasteiger partial charge in [0.2, 0.25) is 5.91 Å². The molecule has 7 heteroatoms. The molecule has 1 amide bonds. The van der Waals surface area contributed by atoms with Crippen molar-refractivity contribution in [1.29, 1.82) is 0 Å². The Morgan fingerprint density at radius 3 is 2.70 bits per heavy atom. The molecule has 1 aromatic rings. The second-order valence-corrected chi connectivity index (χ2v) is 4.45. The maximum atomic E-state index is 11.4. The van der Waals surface area contributed by atoms with Crippen molar-refractivity contribution < 1.29 is 19.4 Å². The Kier molecular flexibility index (Phi) is 6.66. The van der Waals surface area contributed by atoms with Crippen LogP contribution in [0, 0.1) is 0 Å². The summed E-state index contributed by atoms with van der Waals surface area (Å²) in [4.78, 5) is 21.7. The molecule has 0 saturated heterocycles. The fraction of sp³-hybridized carbons (Fsp3) is 0.385. The zero-order valence-electron chi connectivity index (χ0n) is 11.1. The van der Waals surface area contributed by atoms with Crippen LogP contribution in [-0.2, 0) is 9.59 Å². The molecule has 0 fully saturated rings. The molecule has 0 aliphatic rings. The lowest BCUT2D eigenvalue weighted by atomic mass is 10.2. The van der Waals surface area contributed by atoms with Crippen LogP contribution in [0.5, 0.6) is 5.75 Å². The zero-order valence-corrected chi connectivity index (χ0v) is 11.9. The fourth-order valence-electron chi connectivity index (χ4n) is 1.53. The number of carboxylic acid groups (broad SMARTS) is 1. The molecule has 0 heterocycles. The molecule has 110 valence electrons. The van der Waals surface area contributed by atoms with E-state index in [1.54, 1.807) is 25.3 Å². The summed E-state index contributed by atoms with van der Waals surface area (Å²) in [5.41, 5.74) is 0.707. The van der Waals surface area contributed by atoms with Gasteiger partial charge in [-0.3, -0.25) is 9.59 Å². The van der Waals surface area contributed by atoms with Crippen molar-refractivity contribution in [1.82, 2.24) is 5.32 Å². The van der Waals surface area contributed by atoms with Gasteiger partial charge in [0, 0.05) is 24.5 Å². The van der Waals surface area contributed by atoms with E-state index in [9.17, 15) is 9.59 Å². The van der Waals surface area contributed by atoms with Gasteiger partial charge in [0.05, 0.1) is 19.2 Å². The molecule has 0 atom stereocenters. The lowest BCUT2D eigenvalue weighted by molar-refractivity contribution is -0.136. The molecule has 0 saturated carbocycles. The topological polar surface area (TPSA) is 87.7 Å². The number of aliphatic carboxylic acids is 1. The van der Waals surface area contributed by atoms with Crippen LogP contribution in [0.25, 0.3) is 0 Å². The first-order chi connectivity index (χ1) is 9.52. The van der Waals surface area contributed by atoms with Crippen molar-refractivity contribution in [2.75, 3.05) is 25.5 Å². The number of hydrogen-bond acceptors (Lipinski definition) is 4. The number of carbonyl (C=O) groups is 2. The molecule has 0 radical (unpaired) electrons. The number of carbonyl (C=O) groups excluding carboxylic acids is 1. The van der Waals surface area contributed by atoms with E-state index in [-0.39, 0.29) is 25.3 Å². The second kappa shape index (κ2) is 8.27. The third kappa shape index (κ3) is 5.79. The van der Waals surface area contributed by atoms with Crippen LogP contribution in [0.1, 0.15) is 12.8 Å². The number of rotatable bonds is 8. The minimum atomic E-state index is -0.938. The van der Waals surface area contributed by atoms with Gasteiger partial charge in [0.15, 0.2) is 0 Å². The molecule has 20 heavy (non-hydrogen) atoms. The van der Waals surface area contributed by atoms with Crippen molar-refractivity contribution >= 4 is 29.2 Å². The number of hydrogen-bond donors (Lipinski definition) is 3. The standard InChI is InChI=1S/C13H17ClN2O4/c1-20-11-3-2-9(14)8-10(11)15-6-4-12(17)16-7-5-13(18)19/h2-3,8,15H,4-7H2,1H3,(H,16,17)(H,18,19). The first-order valence-corrected chi connectivity index (χ1v) is 6.46. The van der Waals surface area contributed by atoms with E-state index >= 15 is 0 Å². The van der Waals surface area contributed by atoms with Gasteiger partial charge in [-0.05, 0) is 18.2 Å². The maximum absolute atomic E-state index is 11.4. The molecule has 6 nitrogen and oxygen atoms in total. The SMILES string of the molecule is COc1ccc(Cl)cc1NCCC(=O)NCCC(=O)O. The molecule has 0 unspecified atom stereocenters. The van der Waals surface area contributed by atoms with Gasteiger partial charge in [-0.2, -0.15) is 0 Å². The minimum Gasteiger partial charge on any atom is -0.495 e. The Labute approximate surface area is 122 Å². The van der Waals surface area contributed by atoms with Gasteiger partial charge >= 0.3 is 5.97 Å². The van der Waals surface area contributed by atoms with Crippen LogP contribution in [0.2, 0.25) is 5.02 Å². The first-order valence-electron chi connectivity index (χ1n) is 6.09. The van der Waals surface area contributed by atoms with Crippen LogP contribution in [-0.4, -0.2) is 37.2 Å². The van der Waals surface area contributed by atoms with E-state index in [1.807, 2.05) is 0 Å². The van der Waals surface area contributed by atoms with Crippen molar-refractivity contribution in [2.24, 2.45) is 0 Å². The highest BCUT2D eigenvalue weighted by molar-refractivity contribution is 6.30. The predicted molar refractivity (Wildman–Crippen MR) is 76.4 cm³/mol. The summed E-state index contributed by atoms with van der Waals surface area (Å²) < 4.78 is 5.16. The zero-order chi connectivity index (χ0) is 15.0. The highest BCUT2D eigenvalue weighted by atomic mass is 35.5. The molecule has 1 rings (SSSR count). The Morgan fingerprint density at radius 2 is 2.05 bits per heavy atom. The van der Waals surface area contributed by atoms with Crippen LogP contribution in [0.4, 0.5) is 5.69 Å². The Morgan fingerprint density at radius 1 is 1.30 bits per heavy atom. The van der Waals surface area contributed by atoms with Crippen LogP contribution < -0.4 is 15.4 Å². The van der Waals surface area contributed by atoms with E-state index in [4.69, 9.17) is 21.4 Å². The average molecular weight is 301 g/mol. The van der Waals surface area contributed by atoms with E-state index < -0.39 is 5.97 Å². The molecule has 0 spiro atoms. The molecule has 0 bridgehead atoms. The summed E-state index contributed by atoms with van der Waals surface area (Å²) in [6.07, 6.45) is 0.149. The number of carboxylic acids is 1. The van der Waals surface area contributed by atoms with Gasteiger partial charge < -0.3 is 20.5 Å². The van der Waals surface area contributed by atoms with Crippen molar-refractivity contribution in [3.05, 3.63) is 23.2 Å². The highest BCUT2D eigenvalue weighted by Gasteiger charge is 2.05. The van der Waals surface area contributed by atoms with Crippen LogP contribution >= 0.6 is 11.6 Å². The lowest BCUT2D eigenvalue weighted by Gasteiger charge is -2.11. The molecule has 3 N–H and O–H groups in total. The number of anilines is 1. The number of methoxy groups -OCH3 is 1. The smallest absolute Gasteiger partial charge is 0.305 e. The number of amides is 1. The summed E-state index contributed by atoms with van der Waals surface area (Å²) in [7, 11) is 1.55. The van der Waals surface area contributed by atoms with Gasteiger partial charge in [-0.25, -0.2) is 0 Å². The molecule has 0 aliphatic carbocycles. The number of halogens is 1. The van der Waals surface area contributed by atoms with Gasteiger partial charge in [0.1, 0.15) is 5.75 Å². The van der Waals surface area contributed by atoms with E-state index in [0.29, 0.717) is 23.0 Å². The Bertz CT molecular complexity index is 479. The number of benzene rings is 1. The normalized spacial score (nSPS) is 9.90. The predicted octanol–water partition coefficient (Wildman–Crippen LogP) is 1.74. The van der Waals surface area contributed by atoms with Gasteiger partial charge in [-0.15, -0.1) is 0 Å². The van der Waals surface area contributed by atoms with Crippen molar-refractivity contribution in [3.63, 3.8) is 0 Å². The van der Waals surface area contributed by atoms with E-state index in [2.05, 4.69) is 10.6 Å². The van der Waals surface area contributed by atoms with Crippen LogP contribution in [0.15, 0.2) is 18.2 Å². The monoisotopic (exact) mass is 300 g/mol. The summed E-state index contributed by atoms with van der Waals surface area (Å²) in [5, 5.41) is 14.6. The Balaban J connectivity index is 2.35. The molecule has 0 aliphatic heterocycles. The van der Waals surface area contributed by atoms with Crippen molar-refractivity contribution in [3.8, 4) is 5.75 Å². The minimum absolute atomic E-state index is 0.0821. The molecular weight excluding hydrogens is 284 g/mol. The lowest BCUT2D eigenvalue weighted by Crippen LogP contribution is -2.27. The summed E-state index contributed by atoms with van der Waals surface area (Å²) >= 11 is 5.88. The third-order valence-electron chi connectivity index (χ3n) is 2.49. The van der Waals surface area contributed by atoms with Crippen LogP contribution in [0.3, 0.4) is 0 Å².